The van der Waals surface area contributed by atoms with Gasteiger partial charge in [0.1, 0.15) is 5.69 Å². The van der Waals surface area contributed by atoms with Gasteiger partial charge in [0.25, 0.3) is 5.56 Å². The number of aromatic nitrogens is 2. The Balaban J connectivity index is 3.04. The number of rotatable bonds is 3. The zero-order valence-electron chi connectivity index (χ0n) is 12.9. The smallest absolute Gasteiger partial charge is 0.431 e. The van der Waals surface area contributed by atoms with Crippen molar-refractivity contribution in [3.63, 3.8) is 0 Å². The maximum atomic E-state index is 14.3. The Morgan fingerprint density at radius 1 is 1.27 bits per heavy atom. The van der Waals surface area contributed by atoms with E-state index in [-0.39, 0.29) is 15.2 Å². The molecule has 1 heterocycles. The van der Waals surface area contributed by atoms with Crippen LogP contribution in [0.2, 0.25) is 5.02 Å². The molecule has 0 radical (unpaired) electrons. The van der Waals surface area contributed by atoms with Crippen LogP contribution in [0.15, 0.2) is 21.7 Å². The molecule has 0 fully saturated rings. The summed E-state index contributed by atoms with van der Waals surface area (Å²) < 4.78 is 57.6. The Labute approximate surface area is 145 Å². The molecule has 2 rings (SSSR count). The summed E-state index contributed by atoms with van der Waals surface area (Å²) in [5.74, 6) is -2.14. The lowest BCUT2D eigenvalue weighted by molar-refractivity contribution is -0.385. The summed E-state index contributed by atoms with van der Waals surface area (Å²) in [6, 6.07) is 0.553. The molecular weight excluding hydrogens is 390 g/mol. The fourth-order valence-electron chi connectivity index (χ4n) is 2.26. The fourth-order valence-corrected chi connectivity index (χ4v) is 2.52. The molecule has 0 aliphatic heterocycles. The van der Waals surface area contributed by atoms with Gasteiger partial charge in [-0.2, -0.15) is 13.2 Å². The van der Waals surface area contributed by atoms with E-state index in [2.05, 4.69) is 0 Å². The van der Waals surface area contributed by atoms with E-state index in [0.29, 0.717) is 13.1 Å². The summed E-state index contributed by atoms with van der Waals surface area (Å²) in [5.41, 5.74) is -7.23. The molecule has 0 bridgehead atoms. The van der Waals surface area contributed by atoms with Crippen LogP contribution in [0.25, 0.3) is 5.69 Å². The molecule has 1 aromatic heterocycles. The van der Waals surface area contributed by atoms with Gasteiger partial charge in [-0.1, -0.05) is 11.6 Å². The van der Waals surface area contributed by atoms with Crippen LogP contribution in [-0.4, -0.2) is 21.2 Å². The number of methoxy groups -OCH3 is 1. The SMILES string of the molecule is COc1c(Cl)cc(F)c(-n2c(=O)cc(C(F)(F)F)n(C)c2=O)c1[N+](=O)[O-]. The van der Waals surface area contributed by atoms with Crippen LogP contribution >= 0.6 is 11.6 Å². The summed E-state index contributed by atoms with van der Waals surface area (Å²) in [5, 5.41) is 10.8. The van der Waals surface area contributed by atoms with Gasteiger partial charge in [-0.05, 0) is 6.07 Å². The molecule has 0 amide bonds. The molecule has 0 spiro atoms. The number of nitrogens with zero attached hydrogens (tertiary/aromatic N) is 3. The molecule has 0 atom stereocenters. The number of halogens is 5. The van der Waals surface area contributed by atoms with Gasteiger partial charge in [0.2, 0.25) is 5.75 Å². The molecule has 0 aliphatic carbocycles. The Kier molecular flexibility index (Phi) is 4.82. The molecule has 26 heavy (non-hydrogen) atoms. The molecule has 1 aromatic carbocycles. The van der Waals surface area contributed by atoms with Crippen LogP contribution in [0.1, 0.15) is 5.69 Å². The lowest BCUT2D eigenvalue weighted by atomic mass is 10.2. The van der Waals surface area contributed by atoms with Gasteiger partial charge >= 0.3 is 17.6 Å². The molecule has 13 heteroatoms. The van der Waals surface area contributed by atoms with E-state index in [1.807, 2.05) is 0 Å². The van der Waals surface area contributed by atoms with Crippen LogP contribution in [0, 0.1) is 15.9 Å². The standard InChI is InChI=1S/C13H8ClF4N3O5/c1-19-7(13(16,17)18)4-8(22)20(12(19)23)9-6(15)3-5(14)11(26-2)10(9)21(24)25/h3-4H,1-2H3. The predicted octanol–water partition coefficient (Wildman–Crippen LogP) is 2.26. The van der Waals surface area contributed by atoms with Crippen molar-refractivity contribution in [2.45, 2.75) is 6.18 Å². The summed E-state index contributed by atoms with van der Waals surface area (Å²) in [4.78, 5) is 34.4. The van der Waals surface area contributed by atoms with Crippen molar-refractivity contribution in [2.75, 3.05) is 7.11 Å². The van der Waals surface area contributed by atoms with Crippen molar-refractivity contribution < 1.29 is 27.2 Å². The lowest BCUT2D eigenvalue weighted by Crippen LogP contribution is -2.41. The van der Waals surface area contributed by atoms with Gasteiger partial charge in [-0.3, -0.25) is 19.5 Å². The Bertz CT molecular complexity index is 1030. The monoisotopic (exact) mass is 397 g/mol. The molecule has 0 unspecified atom stereocenters. The highest BCUT2D eigenvalue weighted by atomic mass is 35.5. The van der Waals surface area contributed by atoms with E-state index in [4.69, 9.17) is 16.3 Å². The first-order chi connectivity index (χ1) is 11.9. The molecular formula is C13H8ClF4N3O5. The first-order valence-electron chi connectivity index (χ1n) is 6.52. The number of nitro benzene ring substituents is 1. The van der Waals surface area contributed by atoms with Crippen LogP contribution < -0.4 is 16.0 Å². The van der Waals surface area contributed by atoms with Crippen molar-refractivity contribution >= 4 is 17.3 Å². The van der Waals surface area contributed by atoms with Crippen molar-refractivity contribution in [2.24, 2.45) is 7.05 Å². The van der Waals surface area contributed by atoms with Crippen LogP contribution in [0.3, 0.4) is 0 Å². The van der Waals surface area contributed by atoms with Gasteiger partial charge in [0.05, 0.1) is 17.1 Å². The van der Waals surface area contributed by atoms with Crippen LogP contribution in [-0.2, 0) is 13.2 Å². The number of hydrogen-bond donors (Lipinski definition) is 0. The third-order valence-electron chi connectivity index (χ3n) is 3.36. The highest BCUT2D eigenvalue weighted by Crippen LogP contribution is 2.40. The van der Waals surface area contributed by atoms with E-state index in [1.165, 1.54) is 0 Å². The molecule has 0 saturated heterocycles. The number of hydrogen-bond acceptors (Lipinski definition) is 5. The quantitative estimate of drug-likeness (QED) is 0.449. The highest BCUT2D eigenvalue weighted by molar-refractivity contribution is 6.32. The third-order valence-corrected chi connectivity index (χ3v) is 3.64. The van der Waals surface area contributed by atoms with E-state index in [0.717, 1.165) is 7.11 Å². The van der Waals surface area contributed by atoms with E-state index in [9.17, 15) is 37.3 Å². The summed E-state index contributed by atoms with van der Waals surface area (Å²) in [7, 11) is 1.64. The molecule has 140 valence electrons. The topological polar surface area (TPSA) is 96.4 Å². The number of ether oxygens (including phenoxy) is 1. The second-order valence-corrected chi connectivity index (χ2v) is 5.28. The Morgan fingerprint density at radius 2 is 1.85 bits per heavy atom. The van der Waals surface area contributed by atoms with Crippen molar-refractivity contribution in [3.05, 3.63) is 59.6 Å². The van der Waals surface area contributed by atoms with E-state index < -0.39 is 56.0 Å². The van der Waals surface area contributed by atoms with E-state index >= 15 is 0 Å². The maximum absolute atomic E-state index is 14.3. The Morgan fingerprint density at radius 3 is 2.31 bits per heavy atom. The lowest BCUT2D eigenvalue weighted by Gasteiger charge is -2.15. The first-order valence-corrected chi connectivity index (χ1v) is 6.90. The van der Waals surface area contributed by atoms with Gasteiger partial charge in [0, 0.05) is 13.1 Å². The minimum Gasteiger partial charge on any atom is -0.489 e. The van der Waals surface area contributed by atoms with Crippen molar-refractivity contribution in [1.82, 2.24) is 9.13 Å². The number of alkyl halides is 3. The van der Waals surface area contributed by atoms with Crippen LogP contribution in [0.4, 0.5) is 23.2 Å². The summed E-state index contributed by atoms with van der Waals surface area (Å²) in [6.45, 7) is 0. The molecule has 0 saturated carbocycles. The highest BCUT2D eigenvalue weighted by Gasteiger charge is 2.37. The van der Waals surface area contributed by atoms with Crippen LogP contribution in [0.5, 0.6) is 5.75 Å². The van der Waals surface area contributed by atoms with Crippen molar-refractivity contribution in [1.29, 1.82) is 0 Å². The summed E-state index contributed by atoms with van der Waals surface area (Å²) in [6.07, 6.45) is -5.05. The van der Waals surface area contributed by atoms with Gasteiger partial charge < -0.3 is 4.74 Å². The molecule has 0 aliphatic rings. The second-order valence-electron chi connectivity index (χ2n) is 4.87. The predicted molar refractivity (Wildman–Crippen MR) is 80.5 cm³/mol. The molecule has 2 aromatic rings. The Hall–Kier alpha value is -2.89. The molecule has 8 nitrogen and oxygen atoms in total. The van der Waals surface area contributed by atoms with Crippen molar-refractivity contribution in [3.8, 4) is 11.4 Å². The third kappa shape index (κ3) is 3.03. The molecule has 0 N–H and O–H groups in total. The van der Waals surface area contributed by atoms with Gasteiger partial charge in [-0.25, -0.2) is 13.8 Å². The van der Waals surface area contributed by atoms with Gasteiger partial charge in [-0.15, -0.1) is 0 Å². The zero-order valence-corrected chi connectivity index (χ0v) is 13.7. The second kappa shape index (κ2) is 6.44. The minimum absolute atomic E-state index is 0.0195. The van der Waals surface area contributed by atoms with Gasteiger partial charge in [0.15, 0.2) is 11.5 Å². The number of benzene rings is 1. The average Bonchev–Trinajstić information content (AvgIpc) is 2.50. The maximum Gasteiger partial charge on any atom is 0.431 e. The average molecular weight is 398 g/mol. The minimum atomic E-state index is -5.05. The summed E-state index contributed by atoms with van der Waals surface area (Å²) >= 11 is 5.65. The number of nitro groups is 1. The normalized spacial score (nSPS) is 11.5. The zero-order chi connectivity index (χ0) is 20.0. The van der Waals surface area contributed by atoms with E-state index in [1.54, 1.807) is 0 Å². The first kappa shape index (κ1) is 19.4. The fraction of sp³-hybridized carbons (Fsp3) is 0.231. The largest absolute Gasteiger partial charge is 0.489 e.